The fourth-order valence-corrected chi connectivity index (χ4v) is 2.52. The molecule has 0 atom stereocenters. The molecule has 0 unspecified atom stereocenters. The summed E-state index contributed by atoms with van der Waals surface area (Å²) in [7, 11) is 0. The van der Waals surface area contributed by atoms with E-state index in [4.69, 9.17) is 0 Å². The maximum atomic E-state index is 11.9. The Bertz CT molecular complexity index is 488. The van der Waals surface area contributed by atoms with Crippen LogP contribution in [0.1, 0.15) is 60.6 Å². The molecule has 0 bridgehead atoms. The molecule has 2 aliphatic rings. The summed E-state index contributed by atoms with van der Waals surface area (Å²) in [5.74, 6) is -0.144. The van der Waals surface area contributed by atoms with E-state index in [-0.39, 0.29) is 17.5 Å². The van der Waals surface area contributed by atoms with Gasteiger partial charge in [0.05, 0.1) is 5.69 Å². The first-order valence-corrected chi connectivity index (χ1v) is 6.76. The third-order valence-corrected chi connectivity index (χ3v) is 3.78. The van der Waals surface area contributed by atoms with Crippen LogP contribution in [0.4, 0.5) is 0 Å². The Hall–Kier alpha value is -1.92. The Kier molecular flexibility index (Phi) is 3.18. The summed E-state index contributed by atoms with van der Waals surface area (Å²) in [5, 5.41) is 10.3. The average molecular weight is 263 g/mol. The number of aromatic nitrogens is 3. The Morgan fingerprint density at radius 2 is 1.79 bits per heavy atom. The van der Waals surface area contributed by atoms with Crippen LogP contribution >= 0.6 is 0 Å². The minimum Gasteiger partial charge on any atom is -0.273 e. The molecule has 0 aliphatic heterocycles. The van der Waals surface area contributed by atoms with Gasteiger partial charge in [-0.1, -0.05) is 12.8 Å². The zero-order chi connectivity index (χ0) is 13.2. The number of H-pyrrole nitrogens is 1. The molecule has 2 amide bonds. The van der Waals surface area contributed by atoms with Crippen molar-refractivity contribution >= 4 is 11.8 Å². The summed E-state index contributed by atoms with van der Waals surface area (Å²) in [6, 6.07) is 0. The summed E-state index contributed by atoms with van der Waals surface area (Å²) in [4.78, 5) is 23.7. The molecular formula is C12H17N5O2. The van der Waals surface area contributed by atoms with Gasteiger partial charge in [0.15, 0.2) is 5.69 Å². The van der Waals surface area contributed by atoms with Crippen molar-refractivity contribution in [3.63, 3.8) is 0 Å². The number of hydrazine groups is 1. The molecule has 0 aromatic carbocycles. The molecule has 102 valence electrons. The van der Waals surface area contributed by atoms with Gasteiger partial charge in [-0.2, -0.15) is 15.4 Å². The number of carbonyl (C=O) groups excluding carboxylic acids is 2. The molecule has 7 nitrogen and oxygen atoms in total. The maximum Gasteiger partial charge on any atom is 0.292 e. The van der Waals surface area contributed by atoms with Gasteiger partial charge < -0.3 is 0 Å². The normalized spacial score (nSPS) is 19.4. The molecule has 2 saturated carbocycles. The van der Waals surface area contributed by atoms with E-state index >= 15 is 0 Å². The van der Waals surface area contributed by atoms with Gasteiger partial charge in [0.25, 0.3) is 5.91 Å². The summed E-state index contributed by atoms with van der Waals surface area (Å²) < 4.78 is 0. The second-order valence-electron chi connectivity index (χ2n) is 5.26. The van der Waals surface area contributed by atoms with Gasteiger partial charge in [-0.15, -0.1) is 0 Å². The van der Waals surface area contributed by atoms with Crippen LogP contribution in [-0.4, -0.2) is 27.2 Å². The van der Waals surface area contributed by atoms with Crippen LogP contribution in [-0.2, 0) is 4.79 Å². The number of amides is 2. The van der Waals surface area contributed by atoms with E-state index in [1.807, 2.05) is 0 Å². The van der Waals surface area contributed by atoms with Crippen molar-refractivity contribution in [3.8, 4) is 0 Å². The second kappa shape index (κ2) is 4.99. The van der Waals surface area contributed by atoms with Crippen LogP contribution in [0.5, 0.6) is 0 Å². The van der Waals surface area contributed by atoms with Gasteiger partial charge in [-0.25, -0.2) is 0 Å². The van der Waals surface area contributed by atoms with Crippen molar-refractivity contribution in [1.82, 2.24) is 26.3 Å². The zero-order valence-electron chi connectivity index (χ0n) is 10.6. The van der Waals surface area contributed by atoms with Crippen LogP contribution < -0.4 is 10.9 Å². The highest BCUT2D eigenvalue weighted by atomic mass is 16.2. The van der Waals surface area contributed by atoms with E-state index in [0.29, 0.717) is 11.6 Å². The van der Waals surface area contributed by atoms with E-state index in [0.717, 1.165) is 38.5 Å². The van der Waals surface area contributed by atoms with Crippen molar-refractivity contribution in [3.05, 3.63) is 11.4 Å². The lowest BCUT2D eigenvalue weighted by Crippen LogP contribution is -2.44. The van der Waals surface area contributed by atoms with Crippen LogP contribution in [0.25, 0.3) is 0 Å². The fraction of sp³-hybridized carbons (Fsp3) is 0.667. The molecule has 1 aromatic heterocycles. The molecular weight excluding hydrogens is 246 g/mol. The molecule has 0 spiro atoms. The smallest absolute Gasteiger partial charge is 0.273 e. The van der Waals surface area contributed by atoms with Crippen LogP contribution in [0.15, 0.2) is 0 Å². The van der Waals surface area contributed by atoms with Gasteiger partial charge in [-0.05, 0) is 25.7 Å². The number of hydrogen-bond acceptors (Lipinski definition) is 4. The maximum absolute atomic E-state index is 11.9. The third kappa shape index (κ3) is 2.59. The number of rotatable bonds is 3. The van der Waals surface area contributed by atoms with Crippen molar-refractivity contribution in [1.29, 1.82) is 0 Å². The molecule has 2 aliphatic carbocycles. The van der Waals surface area contributed by atoms with Gasteiger partial charge in [0.1, 0.15) is 0 Å². The first-order valence-electron chi connectivity index (χ1n) is 6.76. The second-order valence-corrected chi connectivity index (χ2v) is 5.26. The summed E-state index contributed by atoms with van der Waals surface area (Å²) in [6.07, 6.45) is 6.06. The number of hydrogen-bond donors (Lipinski definition) is 3. The molecule has 19 heavy (non-hydrogen) atoms. The summed E-state index contributed by atoms with van der Waals surface area (Å²) in [5.41, 5.74) is 5.89. The topological polar surface area (TPSA) is 99.8 Å². The number of aromatic amines is 1. The predicted molar refractivity (Wildman–Crippen MR) is 65.9 cm³/mol. The lowest BCUT2D eigenvalue weighted by atomic mass is 10.1. The van der Waals surface area contributed by atoms with Crippen LogP contribution in [0.3, 0.4) is 0 Å². The van der Waals surface area contributed by atoms with Gasteiger partial charge in [0.2, 0.25) is 5.91 Å². The van der Waals surface area contributed by atoms with E-state index < -0.39 is 5.91 Å². The Balaban J connectivity index is 1.55. The predicted octanol–water partition coefficient (Wildman–Crippen LogP) is 0.633. The van der Waals surface area contributed by atoms with E-state index in [1.54, 1.807) is 0 Å². The first kappa shape index (κ1) is 12.1. The van der Waals surface area contributed by atoms with Crippen molar-refractivity contribution in [2.75, 3.05) is 0 Å². The van der Waals surface area contributed by atoms with Gasteiger partial charge in [0, 0.05) is 11.8 Å². The average Bonchev–Trinajstić information content (AvgIpc) is 2.96. The van der Waals surface area contributed by atoms with Crippen molar-refractivity contribution in [2.45, 2.75) is 44.4 Å². The van der Waals surface area contributed by atoms with Crippen molar-refractivity contribution in [2.24, 2.45) is 5.92 Å². The standard InChI is InChI=1S/C12H17N5O2/c18-11(8-3-1-2-4-8)15-16-12(19)10-9(7-5-6-7)13-17-14-10/h7-8H,1-6H2,(H,15,18)(H,16,19)(H,13,14,17). The highest BCUT2D eigenvalue weighted by Gasteiger charge is 2.32. The number of carbonyl (C=O) groups is 2. The Morgan fingerprint density at radius 1 is 1.05 bits per heavy atom. The number of nitrogens with zero attached hydrogens (tertiary/aromatic N) is 2. The molecule has 3 rings (SSSR count). The highest BCUT2D eigenvalue weighted by Crippen LogP contribution is 2.39. The van der Waals surface area contributed by atoms with E-state index in [9.17, 15) is 9.59 Å². The van der Waals surface area contributed by atoms with Crippen LogP contribution in [0.2, 0.25) is 0 Å². The number of nitrogens with one attached hydrogen (secondary N) is 3. The third-order valence-electron chi connectivity index (χ3n) is 3.78. The molecule has 0 saturated heterocycles. The first-order chi connectivity index (χ1) is 9.25. The Labute approximate surface area is 110 Å². The molecule has 2 fully saturated rings. The van der Waals surface area contributed by atoms with Gasteiger partial charge >= 0.3 is 0 Å². The minimum atomic E-state index is -0.401. The molecule has 7 heteroatoms. The lowest BCUT2D eigenvalue weighted by molar-refractivity contribution is -0.125. The molecule has 0 radical (unpaired) electrons. The Morgan fingerprint density at radius 3 is 2.47 bits per heavy atom. The molecule has 1 aromatic rings. The van der Waals surface area contributed by atoms with Crippen LogP contribution in [0, 0.1) is 5.92 Å². The largest absolute Gasteiger partial charge is 0.292 e. The minimum absolute atomic E-state index is 0.0283. The molecule has 3 N–H and O–H groups in total. The van der Waals surface area contributed by atoms with E-state index in [2.05, 4.69) is 26.3 Å². The summed E-state index contributed by atoms with van der Waals surface area (Å²) in [6.45, 7) is 0. The fourth-order valence-electron chi connectivity index (χ4n) is 2.52. The lowest BCUT2D eigenvalue weighted by Gasteiger charge is -2.10. The zero-order valence-corrected chi connectivity index (χ0v) is 10.6. The molecule has 1 heterocycles. The highest BCUT2D eigenvalue weighted by molar-refractivity contribution is 5.94. The SMILES string of the molecule is O=C(NNC(=O)C1CCCC1)c1n[nH]nc1C1CC1. The summed E-state index contributed by atoms with van der Waals surface area (Å²) >= 11 is 0. The monoisotopic (exact) mass is 263 g/mol. The van der Waals surface area contributed by atoms with Crippen molar-refractivity contribution < 1.29 is 9.59 Å². The van der Waals surface area contributed by atoms with Gasteiger partial charge in [-0.3, -0.25) is 20.4 Å². The van der Waals surface area contributed by atoms with E-state index in [1.165, 1.54) is 0 Å². The quantitative estimate of drug-likeness (QED) is 0.696.